The fraction of sp³-hybridized carbons (Fsp3) is 0.385. The fourth-order valence-electron chi connectivity index (χ4n) is 2.20. The molecule has 4 nitrogen and oxygen atoms in total. The summed E-state index contributed by atoms with van der Waals surface area (Å²) in [5.41, 5.74) is 3.21. The van der Waals surface area contributed by atoms with Crippen LogP contribution in [0.25, 0.3) is 0 Å². The van der Waals surface area contributed by atoms with Gasteiger partial charge in [-0.2, -0.15) is 9.49 Å². The lowest BCUT2D eigenvalue weighted by molar-refractivity contribution is 0.584. The number of nitrogens with zero attached hydrogens (tertiary/aromatic N) is 3. The first kappa shape index (κ1) is 12.5. The Labute approximate surface area is 106 Å². The molecule has 18 heavy (non-hydrogen) atoms. The summed E-state index contributed by atoms with van der Waals surface area (Å²) in [4.78, 5) is 3.80. The molecule has 0 aromatic carbocycles. The van der Waals surface area contributed by atoms with Gasteiger partial charge in [0, 0.05) is 18.3 Å². The third-order valence-electron chi connectivity index (χ3n) is 3.08. The summed E-state index contributed by atoms with van der Waals surface area (Å²) < 4.78 is 14.9. The highest BCUT2D eigenvalue weighted by Gasteiger charge is 2.16. The van der Waals surface area contributed by atoms with E-state index in [9.17, 15) is 4.39 Å². The second kappa shape index (κ2) is 4.76. The summed E-state index contributed by atoms with van der Waals surface area (Å²) in [6, 6.07) is 4.75. The second-order valence-corrected chi connectivity index (χ2v) is 4.42. The number of hydrogen-bond acceptors (Lipinski definition) is 3. The van der Waals surface area contributed by atoms with Crippen molar-refractivity contribution in [3.8, 4) is 0 Å². The summed E-state index contributed by atoms with van der Waals surface area (Å²) in [6.07, 6.45) is 0. The quantitative estimate of drug-likeness (QED) is 0.849. The number of anilines is 1. The molecule has 0 saturated carbocycles. The van der Waals surface area contributed by atoms with Gasteiger partial charge in [0.1, 0.15) is 5.82 Å². The summed E-state index contributed by atoms with van der Waals surface area (Å²) in [5.74, 6) is 0.0528. The molecule has 0 radical (unpaired) electrons. The van der Waals surface area contributed by atoms with Gasteiger partial charge in [-0.1, -0.05) is 6.07 Å². The van der Waals surface area contributed by atoms with Crippen LogP contribution in [0.1, 0.15) is 29.9 Å². The van der Waals surface area contributed by atoms with E-state index >= 15 is 0 Å². The molecule has 1 atom stereocenters. The predicted octanol–water partition coefficient (Wildman–Crippen LogP) is 2.74. The third kappa shape index (κ3) is 2.34. The molecule has 0 fully saturated rings. The maximum atomic E-state index is 13.0. The molecule has 0 aliphatic rings. The average Bonchev–Trinajstić information content (AvgIpc) is 2.53. The van der Waals surface area contributed by atoms with Crippen molar-refractivity contribution in [1.29, 1.82) is 0 Å². The average molecular weight is 248 g/mol. The molecule has 96 valence electrons. The lowest BCUT2D eigenvalue weighted by Crippen LogP contribution is -2.10. The minimum absolute atomic E-state index is 0.0352. The smallest absolute Gasteiger partial charge is 0.214 e. The van der Waals surface area contributed by atoms with Gasteiger partial charge in [-0.3, -0.25) is 4.68 Å². The number of pyridine rings is 1. The van der Waals surface area contributed by atoms with Crippen LogP contribution >= 0.6 is 0 Å². The molecule has 2 rings (SSSR count). The third-order valence-corrected chi connectivity index (χ3v) is 3.08. The van der Waals surface area contributed by atoms with Crippen molar-refractivity contribution >= 4 is 5.82 Å². The zero-order valence-electron chi connectivity index (χ0n) is 11.0. The fourth-order valence-corrected chi connectivity index (χ4v) is 2.20. The molecule has 0 spiro atoms. The highest BCUT2D eigenvalue weighted by Crippen LogP contribution is 2.23. The topological polar surface area (TPSA) is 42.7 Å². The van der Waals surface area contributed by atoms with Crippen LogP contribution in [0.2, 0.25) is 0 Å². The SMILES string of the molecule is Cc1nn(C)c(C)c1C(C)Nc1cccc(F)n1. The van der Waals surface area contributed by atoms with Crippen LogP contribution in [0.3, 0.4) is 0 Å². The monoisotopic (exact) mass is 248 g/mol. The first-order valence-corrected chi connectivity index (χ1v) is 5.88. The Hall–Kier alpha value is -1.91. The maximum Gasteiger partial charge on any atom is 0.214 e. The molecule has 2 aromatic rings. The van der Waals surface area contributed by atoms with Gasteiger partial charge < -0.3 is 5.32 Å². The van der Waals surface area contributed by atoms with Gasteiger partial charge in [-0.05, 0) is 32.9 Å². The van der Waals surface area contributed by atoms with E-state index in [1.165, 1.54) is 6.07 Å². The van der Waals surface area contributed by atoms with Crippen molar-refractivity contribution in [3.05, 3.63) is 41.1 Å². The van der Waals surface area contributed by atoms with Gasteiger partial charge in [-0.25, -0.2) is 4.98 Å². The Balaban J connectivity index is 2.24. The lowest BCUT2D eigenvalue weighted by Gasteiger charge is -2.15. The maximum absolute atomic E-state index is 13.0. The van der Waals surface area contributed by atoms with E-state index in [1.54, 1.807) is 12.1 Å². The minimum atomic E-state index is -0.480. The standard InChI is InChI=1S/C13H17FN4/c1-8(13-9(2)17-18(4)10(13)3)15-12-7-5-6-11(14)16-12/h5-8H,1-4H3,(H,15,16). The zero-order chi connectivity index (χ0) is 13.3. The van der Waals surface area contributed by atoms with Crippen molar-refractivity contribution in [3.63, 3.8) is 0 Å². The van der Waals surface area contributed by atoms with Gasteiger partial charge in [0.15, 0.2) is 0 Å². The number of hydrogen-bond donors (Lipinski definition) is 1. The Morgan fingerprint density at radius 3 is 2.61 bits per heavy atom. The Kier molecular flexibility index (Phi) is 3.32. The van der Waals surface area contributed by atoms with Crippen molar-refractivity contribution in [2.24, 2.45) is 7.05 Å². The van der Waals surface area contributed by atoms with Crippen LogP contribution in [0, 0.1) is 19.8 Å². The first-order valence-electron chi connectivity index (χ1n) is 5.88. The molecular formula is C13H17FN4. The molecule has 5 heteroatoms. The minimum Gasteiger partial charge on any atom is -0.363 e. The van der Waals surface area contributed by atoms with E-state index in [-0.39, 0.29) is 6.04 Å². The Morgan fingerprint density at radius 1 is 1.33 bits per heavy atom. The van der Waals surface area contributed by atoms with Gasteiger partial charge >= 0.3 is 0 Å². The second-order valence-electron chi connectivity index (χ2n) is 4.42. The normalized spacial score (nSPS) is 12.5. The van der Waals surface area contributed by atoms with Crippen LogP contribution in [-0.4, -0.2) is 14.8 Å². The Morgan fingerprint density at radius 2 is 2.06 bits per heavy atom. The Bertz CT molecular complexity index is 562. The van der Waals surface area contributed by atoms with E-state index in [2.05, 4.69) is 15.4 Å². The van der Waals surface area contributed by atoms with Gasteiger partial charge in [0.25, 0.3) is 0 Å². The summed E-state index contributed by atoms with van der Waals surface area (Å²) in [5, 5.41) is 7.56. The molecule has 0 amide bonds. The van der Waals surface area contributed by atoms with Crippen LogP contribution in [-0.2, 0) is 7.05 Å². The highest BCUT2D eigenvalue weighted by atomic mass is 19.1. The molecule has 0 bridgehead atoms. The zero-order valence-corrected chi connectivity index (χ0v) is 11.0. The molecule has 0 aliphatic heterocycles. The lowest BCUT2D eigenvalue weighted by atomic mass is 10.1. The van der Waals surface area contributed by atoms with Crippen LogP contribution in [0.4, 0.5) is 10.2 Å². The number of nitrogens with one attached hydrogen (secondary N) is 1. The molecule has 1 N–H and O–H groups in total. The molecule has 0 saturated heterocycles. The van der Waals surface area contributed by atoms with Crippen molar-refractivity contribution in [2.45, 2.75) is 26.8 Å². The van der Waals surface area contributed by atoms with Crippen molar-refractivity contribution in [2.75, 3.05) is 5.32 Å². The van der Waals surface area contributed by atoms with Crippen LogP contribution in [0.5, 0.6) is 0 Å². The van der Waals surface area contributed by atoms with E-state index in [1.807, 2.05) is 32.5 Å². The summed E-state index contributed by atoms with van der Waals surface area (Å²) in [7, 11) is 1.92. The number of rotatable bonds is 3. The number of halogens is 1. The number of aromatic nitrogens is 3. The van der Waals surface area contributed by atoms with Gasteiger partial charge in [0.2, 0.25) is 5.95 Å². The molecule has 2 heterocycles. The molecular weight excluding hydrogens is 231 g/mol. The van der Waals surface area contributed by atoms with E-state index in [4.69, 9.17) is 0 Å². The predicted molar refractivity (Wildman–Crippen MR) is 68.9 cm³/mol. The van der Waals surface area contributed by atoms with Gasteiger partial charge in [-0.15, -0.1) is 0 Å². The van der Waals surface area contributed by atoms with E-state index in [0.717, 1.165) is 17.0 Å². The first-order chi connectivity index (χ1) is 8.49. The summed E-state index contributed by atoms with van der Waals surface area (Å²) in [6.45, 7) is 6.01. The van der Waals surface area contributed by atoms with Crippen LogP contribution < -0.4 is 5.32 Å². The molecule has 2 aromatic heterocycles. The largest absolute Gasteiger partial charge is 0.363 e. The van der Waals surface area contributed by atoms with Crippen molar-refractivity contribution < 1.29 is 4.39 Å². The van der Waals surface area contributed by atoms with E-state index in [0.29, 0.717) is 5.82 Å². The van der Waals surface area contributed by atoms with Gasteiger partial charge in [0.05, 0.1) is 11.7 Å². The summed E-state index contributed by atoms with van der Waals surface area (Å²) >= 11 is 0. The number of aryl methyl sites for hydroxylation is 2. The van der Waals surface area contributed by atoms with E-state index < -0.39 is 5.95 Å². The highest BCUT2D eigenvalue weighted by molar-refractivity contribution is 5.40. The van der Waals surface area contributed by atoms with Crippen molar-refractivity contribution in [1.82, 2.24) is 14.8 Å². The molecule has 0 aliphatic carbocycles. The molecule has 1 unspecified atom stereocenters. The van der Waals surface area contributed by atoms with Crippen LogP contribution in [0.15, 0.2) is 18.2 Å².